The maximum Gasteiger partial charge on any atom is 0.412 e. The number of rotatable bonds is 9. The number of aromatic amines is 1. The predicted molar refractivity (Wildman–Crippen MR) is 135 cm³/mol. The molecule has 3 aromatic carbocycles. The van der Waals surface area contributed by atoms with E-state index in [0.29, 0.717) is 30.8 Å². The van der Waals surface area contributed by atoms with Gasteiger partial charge >= 0.3 is 6.09 Å². The normalized spacial score (nSPS) is 10.6. The number of aromatic nitrogens is 1. The second-order valence-electron chi connectivity index (χ2n) is 7.88. The standard InChI is InChI=1S/C27H28N4O3/c1-2-15-29-27(33)34-21-12-13-24-23(17-21)19(18-30-24)14-16-28-26(32)22-10-6-7-11-25(22)31-20-8-4-3-5-9-20/h3-13,17-18,30-31H,2,14-16H2,1H3,(H,28,32)(H,29,33). The Morgan fingerprint density at radius 2 is 1.71 bits per heavy atom. The quantitative estimate of drug-likeness (QED) is 0.272. The molecule has 0 unspecified atom stereocenters. The summed E-state index contributed by atoms with van der Waals surface area (Å²) in [6.45, 7) is 3.02. The van der Waals surface area contributed by atoms with Crippen LogP contribution in [0.15, 0.2) is 79.0 Å². The van der Waals surface area contributed by atoms with Crippen molar-refractivity contribution in [2.45, 2.75) is 19.8 Å². The fraction of sp³-hybridized carbons (Fsp3) is 0.185. The molecule has 0 saturated heterocycles. The Labute approximate surface area is 198 Å². The van der Waals surface area contributed by atoms with Crippen LogP contribution in [0.4, 0.5) is 16.2 Å². The molecule has 0 atom stereocenters. The third-order valence-corrected chi connectivity index (χ3v) is 5.37. The summed E-state index contributed by atoms with van der Waals surface area (Å²) in [7, 11) is 0. The molecular formula is C27H28N4O3. The summed E-state index contributed by atoms with van der Waals surface area (Å²) in [5.74, 6) is 0.336. The van der Waals surface area contributed by atoms with Crippen molar-refractivity contribution < 1.29 is 14.3 Å². The van der Waals surface area contributed by atoms with Crippen molar-refractivity contribution >= 4 is 34.3 Å². The fourth-order valence-electron chi connectivity index (χ4n) is 3.67. The van der Waals surface area contributed by atoms with E-state index in [-0.39, 0.29) is 5.91 Å². The lowest BCUT2D eigenvalue weighted by molar-refractivity contribution is 0.0955. The van der Waals surface area contributed by atoms with Crippen molar-refractivity contribution in [1.82, 2.24) is 15.6 Å². The van der Waals surface area contributed by atoms with E-state index in [1.165, 1.54) is 0 Å². The first-order chi connectivity index (χ1) is 16.6. The highest BCUT2D eigenvalue weighted by molar-refractivity contribution is 6.00. The Bertz CT molecular complexity index is 1270. The lowest BCUT2D eigenvalue weighted by Crippen LogP contribution is -2.27. The van der Waals surface area contributed by atoms with Crippen LogP contribution < -0.4 is 20.7 Å². The van der Waals surface area contributed by atoms with Gasteiger partial charge in [0.15, 0.2) is 0 Å². The van der Waals surface area contributed by atoms with Crippen molar-refractivity contribution in [2.24, 2.45) is 0 Å². The maximum absolute atomic E-state index is 12.9. The second kappa shape index (κ2) is 11.0. The zero-order valence-electron chi connectivity index (χ0n) is 19.1. The molecule has 34 heavy (non-hydrogen) atoms. The molecular weight excluding hydrogens is 428 g/mol. The molecule has 4 N–H and O–H groups in total. The molecule has 0 bridgehead atoms. The molecule has 0 aliphatic rings. The number of carbonyl (C=O) groups excluding carboxylic acids is 2. The zero-order chi connectivity index (χ0) is 23.8. The molecule has 2 amide bonds. The first-order valence-corrected chi connectivity index (χ1v) is 11.4. The first kappa shape index (κ1) is 22.9. The first-order valence-electron chi connectivity index (χ1n) is 11.4. The zero-order valence-corrected chi connectivity index (χ0v) is 19.1. The number of nitrogens with one attached hydrogen (secondary N) is 4. The minimum atomic E-state index is -0.465. The molecule has 0 saturated carbocycles. The average molecular weight is 457 g/mol. The molecule has 0 aliphatic heterocycles. The number of hydrogen-bond acceptors (Lipinski definition) is 4. The van der Waals surface area contributed by atoms with Crippen molar-refractivity contribution in [1.29, 1.82) is 0 Å². The monoisotopic (exact) mass is 456 g/mol. The van der Waals surface area contributed by atoms with Crippen LogP contribution in [0.25, 0.3) is 10.9 Å². The summed E-state index contributed by atoms with van der Waals surface area (Å²) in [5, 5.41) is 9.97. The second-order valence-corrected chi connectivity index (χ2v) is 7.88. The van der Waals surface area contributed by atoms with Crippen molar-refractivity contribution in [3.05, 3.63) is 90.1 Å². The summed E-state index contributed by atoms with van der Waals surface area (Å²) in [6.07, 6.45) is 2.93. The third-order valence-electron chi connectivity index (χ3n) is 5.37. The van der Waals surface area contributed by atoms with Crippen molar-refractivity contribution in [2.75, 3.05) is 18.4 Å². The number of benzene rings is 3. The van der Waals surface area contributed by atoms with Crippen molar-refractivity contribution in [3.63, 3.8) is 0 Å². The number of carbonyl (C=O) groups is 2. The lowest BCUT2D eigenvalue weighted by atomic mass is 10.1. The number of anilines is 2. The van der Waals surface area contributed by atoms with Crippen LogP contribution in [0.5, 0.6) is 5.75 Å². The van der Waals surface area contributed by atoms with E-state index in [2.05, 4.69) is 20.9 Å². The SMILES string of the molecule is CCCNC(=O)Oc1ccc2[nH]cc(CCNC(=O)c3ccccc3Nc3ccccc3)c2c1. The van der Waals surface area contributed by atoms with E-state index >= 15 is 0 Å². The van der Waals surface area contributed by atoms with Gasteiger partial charge in [-0.3, -0.25) is 4.79 Å². The Balaban J connectivity index is 1.39. The number of hydrogen-bond donors (Lipinski definition) is 4. The Morgan fingerprint density at radius 1 is 0.912 bits per heavy atom. The highest BCUT2D eigenvalue weighted by Crippen LogP contribution is 2.24. The van der Waals surface area contributed by atoms with Gasteiger partial charge in [-0.1, -0.05) is 37.3 Å². The van der Waals surface area contributed by atoms with E-state index in [0.717, 1.165) is 34.3 Å². The summed E-state index contributed by atoms with van der Waals surface area (Å²) < 4.78 is 5.37. The molecule has 4 aromatic rings. The number of H-pyrrole nitrogens is 1. The highest BCUT2D eigenvalue weighted by Gasteiger charge is 2.12. The van der Waals surface area contributed by atoms with Crippen LogP contribution in [-0.4, -0.2) is 30.1 Å². The fourth-order valence-corrected chi connectivity index (χ4v) is 3.67. The van der Waals surface area contributed by atoms with Gasteiger partial charge < -0.3 is 25.7 Å². The largest absolute Gasteiger partial charge is 0.412 e. The number of fused-ring (bicyclic) bond motifs is 1. The Kier molecular flexibility index (Phi) is 7.45. The van der Waals surface area contributed by atoms with E-state index in [4.69, 9.17) is 4.74 Å². The van der Waals surface area contributed by atoms with Crippen LogP contribution in [0.2, 0.25) is 0 Å². The van der Waals surface area contributed by atoms with Crippen LogP contribution >= 0.6 is 0 Å². The van der Waals surface area contributed by atoms with Crippen LogP contribution in [-0.2, 0) is 6.42 Å². The van der Waals surface area contributed by atoms with Gasteiger partial charge in [0, 0.05) is 35.9 Å². The van der Waals surface area contributed by atoms with Crippen LogP contribution in [0, 0.1) is 0 Å². The molecule has 4 rings (SSSR count). The topological polar surface area (TPSA) is 95.2 Å². The average Bonchev–Trinajstić information content (AvgIpc) is 3.26. The van der Waals surface area contributed by atoms with Gasteiger partial charge in [0.1, 0.15) is 5.75 Å². The minimum Gasteiger partial charge on any atom is -0.410 e. The van der Waals surface area contributed by atoms with Crippen LogP contribution in [0.1, 0.15) is 29.3 Å². The minimum absolute atomic E-state index is 0.143. The Morgan fingerprint density at radius 3 is 2.53 bits per heavy atom. The summed E-state index contributed by atoms with van der Waals surface area (Å²) in [6, 6.07) is 22.7. The summed E-state index contributed by atoms with van der Waals surface area (Å²) >= 11 is 0. The maximum atomic E-state index is 12.9. The van der Waals surface area contributed by atoms with Gasteiger partial charge in [0.05, 0.1) is 11.3 Å². The van der Waals surface area contributed by atoms with E-state index < -0.39 is 6.09 Å². The molecule has 0 radical (unpaired) electrons. The third kappa shape index (κ3) is 5.75. The van der Waals surface area contributed by atoms with E-state index in [1.807, 2.05) is 73.8 Å². The molecule has 7 heteroatoms. The molecule has 1 heterocycles. The van der Waals surface area contributed by atoms with Gasteiger partial charge in [-0.25, -0.2) is 4.79 Å². The van der Waals surface area contributed by atoms with Crippen LogP contribution in [0.3, 0.4) is 0 Å². The highest BCUT2D eigenvalue weighted by atomic mass is 16.6. The summed E-state index contributed by atoms with van der Waals surface area (Å²) in [4.78, 5) is 28.0. The molecule has 7 nitrogen and oxygen atoms in total. The molecule has 1 aromatic heterocycles. The number of ether oxygens (including phenoxy) is 1. The Hall–Kier alpha value is -4.26. The van der Waals surface area contributed by atoms with E-state index in [1.54, 1.807) is 12.1 Å². The molecule has 174 valence electrons. The number of para-hydroxylation sites is 2. The van der Waals surface area contributed by atoms with Gasteiger partial charge in [0.2, 0.25) is 0 Å². The molecule has 0 spiro atoms. The lowest BCUT2D eigenvalue weighted by Gasteiger charge is -2.12. The molecule has 0 fully saturated rings. The summed E-state index contributed by atoms with van der Waals surface area (Å²) in [5.41, 5.74) is 4.23. The van der Waals surface area contributed by atoms with Gasteiger partial charge in [-0.05, 0) is 60.9 Å². The van der Waals surface area contributed by atoms with Gasteiger partial charge in [0.25, 0.3) is 5.91 Å². The molecule has 0 aliphatic carbocycles. The van der Waals surface area contributed by atoms with E-state index in [9.17, 15) is 9.59 Å². The van der Waals surface area contributed by atoms with Gasteiger partial charge in [-0.2, -0.15) is 0 Å². The number of amides is 2. The van der Waals surface area contributed by atoms with Crippen molar-refractivity contribution in [3.8, 4) is 5.75 Å². The smallest absolute Gasteiger partial charge is 0.410 e. The van der Waals surface area contributed by atoms with Gasteiger partial charge in [-0.15, -0.1) is 0 Å². The predicted octanol–water partition coefficient (Wildman–Crippen LogP) is 5.38.